The maximum Gasteiger partial charge on any atom is 0.255 e. The van der Waals surface area contributed by atoms with Crippen LogP contribution in [0.5, 0.6) is 5.75 Å². The molecule has 1 aliphatic heterocycles. The Bertz CT molecular complexity index is 685. The lowest BCUT2D eigenvalue weighted by atomic mass is 9.91. The molecule has 0 bridgehead atoms. The number of likely N-dealkylation sites (tertiary alicyclic amines) is 1. The zero-order chi connectivity index (χ0) is 19.5. The minimum atomic E-state index is -0.293. The Morgan fingerprint density at radius 3 is 2.69 bits per heavy atom. The molecule has 1 aromatic carbocycles. The molecule has 1 saturated heterocycles. The molecular formula is C19H28ClN3O3. The van der Waals surface area contributed by atoms with Crippen molar-refractivity contribution in [3.63, 3.8) is 0 Å². The van der Waals surface area contributed by atoms with Crippen molar-refractivity contribution in [2.45, 2.75) is 46.1 Å². The van der Waals surface area contributed by atoms with Crippen LogP contribution in [0.25, 0.3) is 0 Å². The fourth-order valence-electron chi connectivity index (χ4n) is 3.15. The topological polar surface area (TPSA) is 84.7 Å². The SMILES string of the molecule is COc1cc(N)c(Cl)cc1C(=O)NC[C@@H]1CCCN1C(=O)CC(C)(C)C. The van der Waals surface area contributed by atoms with Gasteiger partial charge in [-0.2, -0.15) is 0 Å². The molecule has 3 N–H and O–H groups in total. The van der Waals surface area contributed by atoms with Crippen LogP contribution in [0.15, 0.2) is 12.1 Å². The second kappa shape index (κ2) is 8.16. The van der Waals surface area contributed by atoms with Crippen LogP contribution in [0, 0.1) is 5.41 Å². The maximum absolute atomic E-state index is 12.6. The first-order valence-corrected chi connectivity index (χ1v) is 9.21. The molecule has 0 spiro atoms. The van der Waals surface area contributed by atoms with Crippen LogP contribution >= 0.6 is 11.6 Å². The summed E-state index contributed by atoms with van der Waals surface area (Å²) in [6.45, 7) is 7.30. The molecule has 0 aliphatic carbocycles. The van der Waals surface area contributed by atoms with Gasteiger partial charge in [-0.05, 0) is 24.3 Å². The first-order chi connectivity index (χ1) is 12.1. The number of rotatable bonds is 5. The number of halogens is 1. The molecular weight excluding hydrogens is 354 g/mol. The predicted molar refractivity (Wildman–Crippen MR) is 104 cm³/mol. The minimum absolute atomic E-state index is 0.0176. The molecule has 0 saturated carbocycles. The Morgan fingerprint density at radius 1 is 1.38 bits per heavy atom. The number of nitrogen functional groups attached to an aromatic ring is 1. The van der Waals surface area contributed by atoms with Crippen molar-refractivity contribution in [1.82, 2.24) is 10.2 Å². The van der Waals surface area contributed by atoms with Gasteiger partial charge in [-0.15, -0.1) is 0 Å². The quantitative estimate of drug-likeness (QED) is 0.767. The first-order valence-electron chi connectivity index (χ1n) is 8.83. The molecule has 1 heterocycles. The van der Waals surface area contributed by atoms with Gasteiger partial charge in [0.25, 0.3) is 5.91 Å². The van der Waals surface area contributed by atoms with Crippen LogP contribution < -0.4 is 15.8 Å². The number of benzene rings is 1. The fourth-order valence-corrected chi connectivity index (χ4v) is 3.32. The second-order valence-electron chi connectivity index (χ2n) is 7.90. The van der Waals surface area contributed by atoms with Crippen LogP contribution in [0.2, 0.25) is 5.02 Å². The highest BCUT2D eigenvalue weighted by molar-refractivity contribution is 6.33. The maximum atomic E-state index is 12.6. The predicted octanol–water partition coefficient (Wildman–Crippen LogP) is 3.09. The molecule has 7 heteroatoms. The third kappa shape index (κ3) is 5.04. The standard InChI is InChI=1S/C19H28ClN3O3/c1-19(2,3)10-17(24)23-7-5-6-12(23)11-22-18(25)13-8-14(20)15(21)9-16(13)26-4/h8-9,12H,5-7,10-11,21H2,1-4H3,(H,22,25)/t12-/m0/s1. The van der Waals surface area contributed by atoms with E-state index < -0.39 is 0 Å². The van der Waals surface area contributed by atoms with Gasteiger partial charge in [0.1, 0.15) is 5.75 Å². The average Bonchev–Trinajstić information content (AvgIpc) is 3.01. The lowest BCUT2D eigenvalue weighted by molar-refractivity contribution is -0.133. The Morgan fingerprint density at radius 2 is 2.08 bits per heavy atom. The number of hydrogen-bond acceptors (Lipinski definition) is 4. The van der Waals surface area contributed by atoms with Crippen LogP contribution in [-0.4, -0.2) is 43.0 Å². The Hall–Kier alpha value is -1.95. The largest absolute Gasteiger partial charge is 0.496 e. The molecule has 1 aromatic rings. The molecule has 0 aromatic heterocycles. The third-order valence-corrected chi connectivity index (χ3v) is 4.77. The fraction of sp³-hybridized carbons (Fsp3) is 0.579. The third-order valence-electron chi connectivity index (χ3n) is 4.44. The monoisotopic (exact) mass is 381 g/mol. The molecule has 0 unspecified atom stereocenters. The summed E-state index contributed by atoms with van der Waals surface area (Å²) in [6, 6.07) is 3.05. The first kappa shape index (κ1) is 20.4. The molecule has 1 atom stereocenters. The number of ether oxygens (including phenoxy) is 1. The molecule has 2 amide bonds. The van der Waals surface area contributed by atoms with E-state index in [9.17, 15) is 9.59 Å². The van der Waals surface area contributed by atoms with E-state index in [4.69, 9.17) is 22.1 Å². The Balaban J connectivity index is 2.03. The van der Waals surface area contributed by atoms with Crippen LogP contribution in [0.3, 0.4) is 0 Å². The number of nitrogens with zero attached hydrogens (tertiary/aromatic N) is 1. The number of amides is 2. The lowest BCUT2D eigenvalue weighted by Gasteiger charge is -2.28. The minimum Gasteiger partial charge on any atom is -0.496 e. The highest BCUT2D eigenvalue weighted by Crippen LogP contribution is 2.29. The number of hydrogen-bond donors (Lipinski definition) is 2. The highest BCUT2D eigenvalue weighted by Gasteiger charge is 2.31. The smallest absolute Gasteiger partial charge is 0.255 e. The highest BCUT2D eigenvalue weighted by atomic mass is 35.5. The summed E-state index contributed by atoms with van der Waals surface area (Å²) in [4.78, 5) is 27.0. The molecule has 26 heavy (non-hydrogen) atoms. The summed E-state index contributed by atoms with van der Waals surface area (Å²) in [5, 5.41) is 3.20. The zero-order valence-electron chi connectivity index (χ0n) is 15.9. The number of nitrogens with one attached hydrogen (secondary N) is 1. The number of methoxy groups -OCH3 is 1. The van der Waals surface area contributed by atoms with Crippen molar-refractivity contribution >= 4 is 29.1 Å². The summed E-state index contributed by atoms with van der Waals surface area (Å²) < 4.78 is 5.22. The number of carbonyl (C=O) groups is 2. The van der Waals surface area contributed by atoms with Gasteiger partial charge >= 0.3 is 0 Å². The van der Waals surface area contributed by atoms with E-state index in [1.54, 1.807) is 0 Å². The van der Waals surface area contributed by atoms with Crippen molar-refractivity contribution in [1.29, 1.82) is 0 Å². The van der Waals surface area contributed by atoms with Crippen LogP contribution in [0.1, 0.15) is 50.4 Å². The van der Waals surface area contributed by atoms with Crippen LogP contribution in [0.4, 0.5) is 5.69 Å². The van der Waals surface area contributed by atoms with E-state index in [0.29, 0.717) is 35.0 Å². The number of nitrogens with two attached hydrogens (primary N) is 1. The lowest BCUT2D eigenvalue weighted by Crippen LogP contribution is -2.44. The van der Waals surface area contributed by atoms with E-state index in [1.165, 1.54) is 19.2 Å². The van der Waals surface area contributed by atoms with Gasteiger partial charge < -0.3 is 20.7 Å². The molecule has 6 nitrogen and oxygen atoms in total. The molecule has 0 radical (unpaired) electrons. The van der Waals surface area contributed by atoms with E-state index in [2.05, 4.69) is 26.1 Å². The van der Waals surface area contributed by atoms with Gasteiger partial charge in [0.05, 0.1) is 23.4 Å². The normalized spacial score (nSPS) is 17.3. The second-order valence-corrected chi connectivity index (χ2v) is 8.31. The van der Waals surface area contributed by atoms with E-state index >= 15 is 0 Å². The Labute approximate surface area is 160 Å². The van der Waals surface area contributed by atoms with E-state index in [1.807, 2.05) is 4.90 Å². The summed E-state index contributed by atoms with van der Waals surface area (Å²) in [7, 11) is 1.48. The molecule has 1 fully saturated rings. The summed E-state index contributed by atoms with van der Waals surface area (Å²) in [5.41, 5.74) is 6.39. The van der Waals surface area contributed by atoms with Gasteiger partial charge in [0, 0.05) is 31.6 Å². The van der Waals surface area contributed by atoms with Gasteiger partial charge in [0.15, 0.2) is 0 Å². The van der Waals surface area contributed by atoms with Crippen molar-refractivity contribution in [2.75, 3.05) is 25.9 Å². The molecule has 2 rings (SSSR count). The van der Waals surface area contributed by atoms with Gasteiger partial charge in [-0.25, -0.2) is 0 Å². The summed E-state index contributed by atoms with van der Waals surface area (Å²) >= 11 is 6.03. The van der Waals surface area contributed by atoms with Crippen molar-refractivity contribution in [3.8, 4) is 5.75 Å². The van der Waals surface area contributed by atoms with E-state index in [0.717, 1.165) is 19.4 Å². The average molecular weight is 382 g/mol. The number of carbonyl (C=O) groups excluding carboxylic acids is 2. The summed E-state index contributed by atoms with van der Waals surface area (Å²) in [6.07, 6.45) is 2.34. The number of anilines is 1. The van der Waals surface area contributed by atoms with Crippen molar-refractivity contribution in [2.24, 2.45) is 5.41 Å². The van der Waals surface area contributed by atoms with Gasteiger partial charge in [-0.1, -0.05) is 32.4 Å². The molecule has 1 aliphatic rings. The van der Waals surface area contributed by atoms with Gasteiger partial charge in [0.2, 0.25) is 5.91 Å². The Kier molecular flexibility index (Phi) is 6.39. The van der Waals surface area contributed by atoms with Crippen molar-refractivity contribution < 1.29 is 14.3 Å². The zero-order valence-corrected chi connectivity index (χ0v) is 16.7. The van der Waals surface area contributed by atoms with Crippen LogP contribution in [-0.2, 0) is 4.79 Å². The van der Waals surface area contributed by atoms with E-state index in [-0.39, 0.29) is 23.3 Å². The van der Waals surface area contributed by atoms with Gasteiger partial charge in [-0.3, -0.25) is 9.59 Å². The van der Waals surface area contributed by atoms with Crippen molar-refractivity contribution in [3.05, 3.63) is 22.7 Å². The molecule has 144 valence electrons. The summed E-state index contributed by atoms with van der Waals surface area (Å²) in [5.74, 6) is 0.220.